The largest absolute Gasteiger partial charge is 0.503 e. The quantitative estimate of drug-likeness (QED) is 0.318. The molecule has 2 aromatic rings. The Kier molecular flexibility index (Phi) is 7.53. The fourth-order valence-electron chi connectivity index (χ4n) is 2.47. The Morgan fingerprint density at radius 3 is 1.93 bits per heavy atom. The number of nitrogens with zero attached hydrogens (tertiary/aromatic N) is 1. The molecule has 2 amide bonds. The van der Waals surface area contributed by atoms with Gasteiger partial charge in [0.2, 0.25) is 0 Å². The van der Waals surface area contributed by atoms with Crippen molar-refractivity contribution in [2.24, 2.45) is 0 Å². The molecule has 0 saturated heterocycles. The van der Waals surface area contributed by atoms with Crippen molar-refractivity contribution in [1.82, 2.24) is 9.79 Å². The van der Waals surface area contributed by atoms with Crippen molar-refractivity contribution in [1.29, 1.82) is 0 Å². The zero-order valence-electron chi connectivity index (χ0n) is 15.1. The van der Waals surface area contributed by atoms with E-state index in [-0.39, 0.29) is 0 Å². The maximum Gasteiger partial charge on any atom is 0.296 e. The number of benzene rings is 2. The summed E-state index contributed by atoms with van der Waals surface area (Å²) in [6.45, 7) is 0. The summed E-state index contributed by atoms with van der Waals surface area (Å²) in [5, 5.41) is 10.7. The van der Waals surface area contributed by atoms with E-state index in [1.165, 1.54) is 55.6 Å². The van der Waals surface area contributed by atoms with Gasteiger partial charge < -0.3 is 5.11 Å². The van der Waals surface area contributed by atoms with Crippen molar-refractivity contribution in [3.05, 3.63) is 83.1 Å². The van der Waals surface area contributed by atoms with Crippen molar-refractivity contribution >= 4 is 23.8 Å². The van der Waals surface area contributed by atoms with E-state index >= 15 is 0 Å². The van der Waals surface area contributed by atoms with Crippen LogP contribution in [0.4, 0.5) is 8.78 Å². The summed E-state index contributed by atoms with van der Waals surface area (Å²) < 4.78 is 28.9. The molecule has 0 saturated carbocycles. The van der Waals surface area contributed by atoms with Gasteiger partial charge in [0.25, 0.3) is 11.8 Å². The normalized spacial score (nSPS) is 11.4. The third-order valence-electron chi connectivity index (χ3n) is 3.71. The Balaban J connectivity index is 2.45. The zero-order valence-corrected chi connectivity index (χ0v) is 15.9. The number of nitrogens with one attached hydrogen (secondary N) is 1. The van der Waals surface area contributed by atoms with Gasteiger partial charge in [0.15, 0.2) is 5.76 Å². The SMILES string of the molecule is CON(C(=O)/C=C(\O)C(=O)NSC)C(c1ccc(F)cc1)c1ccc(F)cc1. The summed E-state index contributed by atoms with van der Waals surface area (Å²) in [5.41, 5.74) is 0.953. The molecule has 0 heterocycles. The van der Waals surface area contributed by atoms with Crippen LogP contribution in [0, 0.1) is 11.6 Å². The van der Waals surface area contributed by atoms with Crippen molar-refractivity contribution < 1.29 is 28.3 Å². The van der Waals surface area contributed by atoms with Crippen LogP contribution in [0.3, 0.4) is 0 Å². The molecule has 9 heteroatoms. The molecular formula is C19H18F2N2O4S. The van der Waals surface area contributed by atoms with Crippen LogP contribution in [0.5, 0.6) is 0 Å². The second kappa shape index (κ2) is 9.86. The third-order valence-corrected chi connectivity index (χ3v) is 4.10. The highest BCUT2D eigenvalue weighted by atomic mass is 32.2. The number of carbonyl (C=O) groups excluding carboxylic acids is 2. The topological polar surface area (TPSA) is 78.9 Å². The zero-order chi connectivity index (χ0) is 20.7. The first-order chi connectivity index (χ1) is 13.4. The number of hydrogen-bond acceptors (Lipinski definition) is 5. The van der Waals surface area contributed by atoms with E-state index in [0.717, 1.165) is 17.0 Å². The van der Waals surface area contributed by atoms with Crippen molar-refractivity contribution in [2.75, 3.05) is 13.4 Å². The van der Waals surface area contributed by atoms with Crippen LogP contribution in [0.25, 0.3) is 0 Å². The van der Waals surface area contributed by atoms with Gasteiger partial charge in [-0.1, -0.05) is 36.2 Å². The fourth-order valence-corrected chi connectivity index (χ4v) is 2.76. The maximum atomic E-state index is 13.3. The van der Waals surface area contributed by atoms with E-state index in [4.69, 9.17) is 4.84 Å². The number of halogens is 2. The van der Waals surface area contributed by atoms with Crippen LogP contribution in [0.1, 0.15) is 17.2 Å². The Morgan fingerprint density at radius 1 is 1.07 bits per heavy atom. The molecular weight excluding hydrogens is 390 g/mol. The molecule has 0 aliphatic rings. The van der Waals surface area contributed by atoms with Gasteiger partial charge in [-0.25, -0.2) is 13.8 Å². The summed E-state index contributed by atoms with van der Waals surface area (Å²) in [5.74, 6) is -3.43. The van der Waals surface area contributed by atoms with Gasteiger partial charge in [-0.05, 0) is 35.4 Å². The van der Waals surface area contributed by atoms with Gasteiger partial charge in [0.1, 0.15) is 17.7 Å². The molecule has 2 aromatic carbocycles. The Morgan fingerprint density at radius 2 is 1.54 bits per heavy atom. The van der Waals surface area contributed by atoms with Crippen molar-refractivity contribution in [2.45, 2.75) is 6.04 Å². The number of carbonyl (C=O) groups is 2. The second-order valence-electron chi connectivity index (χ2n) is 5.52. The van der Waals surface area contributed by atoms with Gasteiger partial charge >= 0.3 is 0 Å². The summed E-state index contributed by atoms with van der Waals surface area (Å²) in [6.07, 6.45) is 2.28. The number of hydrogen-bond donors (Lipinski definition) is 2. The molecule has 2 N–H and O–H groups in total. The first-order valence-corrected chi connectivity index (χ1v) is 9.22. The Hall–Kier alpha value is -2.91. The summed E-state index contributed by atoms with van der Waals surface area (Å²) in [4.78, 5) is 29.5. The number of rotatable bonds is 7. The second-order valence-corrected chi connectivity index (χ2v) is 6.13. The number of aliphatic hydroxyl groups is 1. The molecule has 0 aliphatic carbocycles. The van der Waals surface area contributed by atoms with Gasteiger partial charge in [0, 0.05) is 6.26 Å². The highest BCUT2D eigenvalue weighted by molar-refractivity contribution is 7.97. The lowest BCUT2D eigenvalue weighted by Gasteiger charge is -2.29. The molecule has 0 spiro atoms. The average molecular weight is 408 g/mol. The van der Waals surface area contributed by atoms with Gasteiger partial charge in [-0.3, -0.25) is 19.1 Å². The molecule has 148 valence electrons. The van der Waals surface area contributed by atoms with E-state index in [0.29, 0.717) is 17.2 Å². The molecule has 2 rings (SSSR count). The molecule has 0 unspecified atom stereocenters. The first kappa shape index (κ1) is 21.4. The Labute approximate surface area is 164 Å². The molecule has 0 fully saturated rings. The van der Waals surface area contributed by atoms with Crippen LogP contribution in [0.2, 0.25) is 0 Å². The molecule has 0 aromatic heterocycles. The third kappa shape index (κ3) is 5.30. The van der Waals surface area contributed by atoms with Crippen LogP contribution < -0.4 is 4.72 Å². The van der Waals surface area contributed by atoms with Gasteiger partial charge in [-0.2, -0.15) is 0 Å². The average Bonchev–Trinajstić information content (AvgIpc) is 2.68. The minimum absolute atomic E-state index is 0.469. The summed E-state index contributed by atoms with van der Waals surface area (Å²) >= 11 is 0.954. The van der Waals surface area contributed by atoms with Crippen LogP contribution >= 0.6 is 11.9 Å². The first-order valence-electron chi connectivity index (χ1n) is 7.99. The lowest BCUT2D eigenvalue weighted by atomic mass is 9.98. The molecule has 6 nitrogen and oxygen atoms in total. The number of aliphatic hydroxyl groups excluding tert-OH is 1. The van der Waals surface area contributed by atoms with Crippen molar-refractivity contribution in [3.8, 4) is 0 Å². The lowest BCUT2D eigenvalue weighted by Crippen LogP contribution is -2.34. The minimum Gasteiger partial charge on any atom is -0.503 e. The molecule has 0 atom stereocenters. The lowest BCUT2D eigenvalue weighted by molar-refractivity contribution is -0.179. The predicted molar refractivity (Wildman–Crippen MR) is 101 cm³/mol. The molecule has 28 heavy (non-hydrogen) atoms. The highest BCUT2D eigenvalue weighted by Gasteiger charge is 2.27. The van der Waals surface area contributed by atoms with E-state index < -0.39 is 35.2 Å². The fraction of sp³-hybridized carbons (Fsp3) is 0.158. The molecule has 0 bridgehead atoms. The summed E-state index contributed by atoms with van der Waals surface area (Å²) in [7, 11) is 1.23. The van der Waals surface area contributed by atoms with E-state index in [1.54, 1.807) is 6.26 Å². The van der Waals surface area contributed by atoms with E-state index in [9.17, 15) is 23.5 Å². The Bertz CT molecular complexity index is 812. The van der Waals surface area contributed by atoms with Crippen LogP contribution in [0.15, 0.2) is 60.4 Å². The monoisotopic (exact) mass is 408 g/mol. The van der Waals surface area contributed by atoms with Gasteiger partial charge in [-0.15, -0.1) is 0 Å². The predicted octanol–water partition coefficient (Wildman–Crippen LogP) is 3.28. The van der Waals surface area contributed by atoms with E-state index in [2.05, 4.69) is 4.72 Å². The van der Waals surface area contributed by atoms with Crippen LogP contribution in [-0.2, 0) is 14.4 Å². The number of hydroxylamine groups is 2. The highest BCUT2D eigenvalue weighted by Crippen LogP contribution is 2.29. The molecule has 0 aliphatic heterocycles. The molecule has 0 radical (unpaired) electrons. The maximum absolute atomic E-state index is 13.3. The standard InChI is InChI=1S/C19H18F2N2O4S/c1-27-23(17(25)11-16(24)19(26)22-28-2)18(12-3-7-14(20)8-4-12)13-5-9-15(21)10-6-13/h3-11,18,24H,1-2H3,(H,22,26)/b16-11-. The van der Waals surface area contributed by atoms with E-state index in [1.807, 2.05) is 0 Å². The van der Waals surface area contributed by atoms with Gasteiger partial charge in [0.05, 0.1) is 13.2 Å². The minimum atomic E-state index is -0.883. The van der Waals surface area contributed by atoms with Crippen molar-refractivity contribution in [3.63, 3.8) is 0 Å². The number of amides is 2. The summed E-state index contributed by atoms with van der Waals surface area (Å²) in [6, 6.07) is 9.77. The van der Waals surface area contributed by atoms with Crippen LogP contribution in [-0.4, -0.2) is 35.3 Å². The smallest absolute Gasteiger partial charge is 0.296 e.